The normalized spacial score (nSPS) is 13.3. The van der Waals surface area contributed by atoms with Crippen molar-refractivity contribution < 1.29 is 9.90 Å². The van der Waals surface area contributed by atoms with Crippen molar-refractivity contribution in [1.82, 2.24) is 5.32 Å². The highest BCUT2D eigenvalue weighted by atomic mass is 32.2. The van der Waals surface area contributed by atoms with E-state index < -0.39 is 6.10 Å². The van der Waals surface area contributed by atoms with Gasteiger partial charge in [-0.3, -0.25) is 4.79 Å². The lowest BCUT2D eigenvalue weighted by Gasteiger charge is -2.17. The predicted molar refractivity (Wildman–Crippen MR) is 95.4 cm³/mol. The molecule has 3 nitrogen and oxygen atoms in total. The second-order valence-corrected chi connectivity index (χ2v) is 6.76. The van der Waals surface area contributed by atoms with Crippen molar-refractivity contribution in [3.05, 3.63) is 65.7 Å². The Balaban J connectivity index is 1.89. The maximum absolute atomic E-state index is 12.1. The van der Waals surface area contributed by atoms with Crippen molar-refractivity contribution >= 4 is 17.7 Å². The first-order valence-electron chi connectivity index (χ1n) is 7.85. The van der Waals surface area contributed by atoms with Crippen LogP contribution in [0.15, 0.2) is 59.5 Å². The van der Waals surface area contributed by atoms with E-state index in [0.29, 0.717) is 0 Å². The Hall–Kier alpha value is -1.78. The number of carbonyl (C=O) groups is 1. The van der Waals surface area contributed by atoms with E-state index in [9.17, 15) is 9.90 Å². The molecule has 2 atom stereocenters. The largest absolute Gasteiger partial charge is 0.388 e. The second kappa shape index (κ2) is 8.75. The average Bonchev–Trinajstić information content (AvgIpc) is 2.56. The zero-order valence-corrected chi connectivity index (χ0v) is 14.3. The van der Waals surface area contributed by atoms with Crippen LogP contribution >= 0.6 is 11.8 Å². The molecule has 0 spiro atoms. The molecule has 0 aromatic heterocycles. The van der Waals surface area contributed by atoms with E-state index >= 15 is 0 Å². The van der Waals surface area contributed by atoms with E-state index in [0.717, 1.165) is 16.9 Å². The van der Waals surface area contributed by atoms with Gasteiger partial charge in [0.2, 0.25) is 5.91 Å². The Kier molecular flexibility index (Phi) is 6.68. The van der Waals surface area contributed by atoms with Crippen molar-refractivity contribution in [2.75, 3.05) is 5.75 Å². The number of rotatable bonds is 7. The topological polar surface area (TPSA) is 49.3 Å². The summed E-state index contributed by atoms with van der Waals surface area (Å²) in [6.07, 6.45) is -0.704. The van der Waals surface area contributed by atoms with Crippen LogP contribution in [-0.4, -0.2) is 16.8 Å². The van der Waals surface area contributed by atoms with Gasteiger partial charge < -0.3 is 10.4 Å². The van der Waals surface area contributed by atoms with Crippen LogP contribution in [0.1, 0.15) is 43.5 Å². The molecule has 2 N–H and O–H groups in total. The molecule has 2 unspecified atom stereocenters. The van der Waals surface area contributed by atoms with Crippen LogP contribution in [0.5, 0.6) is 0 Å². The number of aliphatic hydroxyl groups excluding tert-OH is 1. The van der Waals surface area contributed by atoms with Crippen LogP contribution in [-0.2, 0) is 4.79 Å². The lowest BCUT2D eigenvalue weighted by molar-refractivity contribution is -0.123. The highest BCUT2D eigenvalue weighted by Gasteiger charge is 2.15. The number of hydrogen-bond donors (Lipinski definition) is 2. The minimum absolute atomic E-state index is 0.0676. The fourth-order valence-corrected chi connectivity index (χ4v) is 3.03. The van der Waals surface area contributed by atoms with Gasteiger partial charge in [0, 0.05) is 4.90 Å². The molecule has 1 amide bonds. The minimum Gasteiger partial charge on any atom is -0.388 e. The summed E-state index contributed by atoms with van der Waals surface area (Å²) in [6.45, 7) is 4.08. The second-order valence-electron chi connectivity index (χ2n) is 5.42. The molecule has 2 aromatic carbocycles. The molecule has 0 heterocycles. The number of carbonyl (C=O) groups excluding carboxylic acids is 1. The summed E-state index contributed by atoms with van der Waals surface area (Å²) in [7, 11) is 0. The Morgan fingerprint density at radius 3 is 2.35 bits per heavy atom. The summed E-state index contributed by atoms with van der Waals surface area (Å²) in [5, 5.41) is 13.0. The molecule has 0 aliphatic heterocycles. The molecule has 0 bridgehead atoms. The van der Waals surface area contributed by atoms with Crippen LogP contribution in [0, 0.1) is 0 Å². The summed E-state index contributed by atoms with van der Waals surface area (Å²) in [5.41, 5.74) is 1.82. The highest BCUT2D eigenvalue weighted by Crippen LogP contribution is 2.21. The fourth-order valence-electron chi connectivity index (χ4n) is 2.37. The van der Waals surface area contributed by atoms with E-state index in [1.54, 1.807) is 11.8 Å². The number of aliphatic hydroxyl groups is 1. The van der Waals surface area contributed by atoms with Gasteiger partial charge in [0.15, 0.2) is 0 Å². The van der Waals surface area contributed by atoms with Crippen LogP contribution in [0.2, 0.25) is 0 Å². The maximum atomic E-state index is 12.1. The molecular formula is C19H23NO2S. The number of benzene rings is 2. The Morgan fingerprint density at radius 2 is 1.74 bits per heavy atom. The van der Waals surface area contributed by atoms with E-state index in [2.05, 4.69) is 24.4 Å². The smallest absolute Gasteiger partial charge is 0.223 e. The van der Waals surface area contributed by atoms with Crippen LogP contribution in [0.25, 0.3) is 0 Å². The molecule has 2 rings (SSSR count). The van der Waals surface area contributed by atoms with E-state index in [-0.39, 0.29) is 18.4 Å². The molecule has 23 heavy (non-hydrogen) atoms. The number of nitrogens with one attached hydrogen (secondary N) is 1. The lowest BCUT2D eigenvalue weighted by atomic mass is 10.1. The van der Waals surface area contributed by atoms with Gasteiger partial charge in [-0.05, 0) is 35.9 Å². The minimum atomic E-state index is -0.772. The van der Waals surface area contributed by atoms with Gasteiger partial charge in [0.05, 0.1) is 18.6 Å². The first-order chi connectivity index (χ1) is 11.1. The number of amides is 1. The van der Waals surface area contributed by atoms with Gasteiger partial charge >= 0.3 is 0 Å². The van der Waals surface area contributed by atoms with Crippen LogP contribution < -0.4 is 5.32 Å². The van der Waals surface area contributed by atoms with Crippen molar-refractivity contribution in [2.24, 2.45) is 0 Å². The summed E-state index contributed by atoms with van der Waals surface area (Å²) in [5.74, 6) is 0.893. The van der Waals surface area contributed by atoms with Crippen LogP contribution in [0.3, 0.4) is 0 Å². The standard InChI is InChI=1S/C19H23NO2S/c1-3-23-17-11-9-15(10-12-17)14(2)20-19(22)13-18(21)16-7-5-4-6-8-16/h4-12,14,18,21H,3,13H2,1-2H3,(H,20,22). The van der Waals surface area contributed by atoms with Gasteiger partial charge in [0.25, 0.3) is 0 Å². The molecule has 0 fully saturated rings. The molecular weight excluding hydrogens is 306 g/mol. The zero-order valence-electron chi connectivity index (χ0n) is 13.5. The van der Waals surface area contributed by atoms with Gasteiger partial charge in [-0.2, -0.15) is 0 Å². The monoisotopic (exact) mass is 329 g/mol. The summed E-state index contributed by atoms with van der Waals surface area (Å²) >= 11 is 1.80. The van der Waals surface area contributed by atoms with E-state index in [4.69, 9.17) is 0 Å². The summed E-state index contributed by atoms with van der Waals surface area (Å²) in [4.78, 5) is 13.3. The third-order valence-electron chi connectivity index (χ3n) is 3.63. The molecule has 4 heteroatoms. The van der Waals surface area contributed by atoms with Crippen LogP contribution in [0.4, 0.5) is 0 Å². The Morgan fingerprint density at radius 1 is 1.09 bits per heavy atom. The first-order valence-corrected chi connectivity index (χ1v) is 8.84. The third kappa shape index (κ3) is 5.41. The average molecular weight is 329 g/mol. The molecule has 0 saturated carbocycles. The van der Waals surface area contributed by atoms with Crippen molar-refractivity contribution in [3.8, 4) is 0 Å². The lowest BCUT2D eigenvalue weighted by Crippen LogP contribution is -2.27. The highest BCUT2D eigenvalue weighted by molar-refractivity contribution is 7.99. The molecule has 0 aliphatic carbocycles. The Labute approximate surface area is 142 Å². The fraction of sp³-hybridized carbons (Fsp3) is 0.316. The van der Waals surface area contributed by atoms with Gasteiger partial charge in [-0.25, -0.2) is 0 Å². The van der Waals surface area contributed by atoms with Crippen molar-refractivity contribution in [1.29, 1.82) is 0 Å². The summed E-state index contributed by atoms with van der Waals surface area (Å²) in [6, 6.07) is 17.4. The summed E-state index contributed by atoms with van der Waals surface area (Å²) < 4.78 is 0. The first kappa shape index (κ1) is 17.6. The van der Waals surface area contributed by atoms with E-state index in [1.165, 1.54) is 4.90 Å². The van der Waals surface area contributed by atoms with Gasteiger partial charge in [-0.15, -0.1) is 11.8 Å². The SMILES string of the molecule is CCSc1ccc(C(C)NC(=O)CC(O)c2ccccc2)cc1. The molecule has 0 saturated heterocycles. The number of thioether (sulfide) groups is 1. The predicted octanol–water partition coefficient (Wildman–Crippen LogP) is 4.10. The Bertz CT molecular complexity index is 613. The van der Waals surface area contributed by atoms with Crippen molar-refractivity contribution in [2.45, 2.75) is 37.3 Å². The van der Waals surface area contributed by atoms with Gasteiger partial charge in [0.1, 0.15) is 0 Å². The quantitative estimate of drug-likeness (QED) is 0.752. The zero-order chi connectivity index (χ0) is 16.7. The van der Waals surface area contributed by atoms with Gasteiger partial charge in [-0.1, -0.05) is 49.4 Å². The van der Waals surface area contributed by atoms with E-state index in [1.807, 2.05) is 49.4 Å². The van der Waals surface area contributed by atoms with Crippen molar-refractivity contribution in [3.63, 3.8) is 0 Å². The molecule has 2 aromatic rings. The molecule has 0 aliphatic rings. The molecule has 122 valence electrons. The molecule has 0 radical (unpaired) electrons. The third-order valence-corrected chi connectivity index (χ3v) is 4.53. The number of hydrogen-bond acceptors (Lipinski definition) is 3. The maximum Gasteiger partial charge on any atom is 0.223 e.